The molecule has 3 rings (SSSR count). The third kappa shape index (κ3) is 10.8. The van der Waals surface area contributed by atoms with E-state index >= 15 is 0 Å². The van der Waals surface area contributed by atoms with Crippen LogP contribution in [0, 0.1) is 0 Å². The monoisotopic (exact) mass is 654 g/mol. The average molecular weight is 655 g/mol. The largest absolute Gasteiger partial charge is 0.458 e. The van der Waals surface area contributed by atoms with Crippen molar-refractivity contribution in [2.24, 2.45) is 0 Å². The molecule has 16 heteroatoms. The lowest BCUT2D eigenvalue weighted by molar-refractivity contribution is -0.155. The van der Waals surface area contributed by atoms with Gasteiger partial charge in [0, 0.05) is 38.9 Å². The minimum atomic E-state index is -4.36. The highest BCUT2D eigenvalue weighted by molar-refractivity contribution is 8.08. The van der Waals surface area contributed by atoms with Crippen LogP contribution < -0.4 is 19.7 Å². The molecule has 1 atom stereocenters. The molecule has 0 saturated carbocycles. The highest BCUT2D eigenvalue weighted by Crippen LogP contribution is 2.26. The Hall–Kier alpha value is -3.66. The molecule has 1 fully saturated rings. The first-order valence-corrected chi connectivity index (χ1v) is 18.0. The Balaban J connectivity index is 1.94. The number of hydrogen-bond acceptors (Lipinski definition) is 12. The number of likely N-dealkylation sites (tertiary alicyclic amines) is 1. The number of benzene rings is 1. The van der Waals surface area contributed by atoms with Crippen LogP contribution in [0.1, 0.15) is 53.0 Å². The third-order valence-electron chi connectivity index (χ3n) is 6.39. The number of rotatable bonds is 13. The zero-order valence-electron chi connectivity index (χ0n) is 26.0. The van der Waals surface area contributed by atoms with Gasteiger partial charge in [-0.25, -0.2) is 31.4 Å². The van der Waals surface area contributed by atoms with Crippen LogP contribution in [0.5, 0.6) is 5.75 Å². The van der Waals surface area contributed by atoms with Crippen molar-refractivity contribution in [1.29, 1.82) is 0 Å². The topological polar surface area (TPSA) is 177 Å². The lowest BCUT2D eigenvalue weighted by atomic mass is 10.1. The van der Waals surface area contributed by atoms with E-state index in [0.717, 1.165) is 19.1 Å². The first-order chi connectivity index (χ1) is 20.5. The summed E-state index contributed by atoms with van der Waals surface area (Å²) in [6, 6.07) is 5.63. The number of sulfone groups is 1. The van der Waals surface area contributed by atoms with Gasteiger partial charge < -0.3 is 24.6 Å². The number of carbonyl (C=O) groups excluding carboxylic acids is 2. The molecule has 2 N–H and O–H groups in total. The predicted molar refractivity (Wildman–Crippen MR) is 168 cm³/mol. The van der Waals surface area contributed by atoms with Gasteiger partial charge in [-0.1, -0.05) is 12.1 Å². The minimum absolute atomic E-state index is 0.0361. The van der Waals surface area contributed by atoms with Gasteiger partial charge in [-0.3, -0.25) is 4.72 Å². The Labute approximate surface area is 259 Å². The summed E-state index contributed by atoms with van der Waals surface area (Å²) < 4.78 is 62.2. The van der Waals surface area contributed by atoms with Crippen LogP contribution in [0.15, 0.2) is 30.5 Å². The minimum Gasteiger partial charge on any atom is -0.458 e. The number of esters is 1. The van der Waals surface area contributed by atoms with Crippen LogP contribution in [-0.2, 0) is 35.8 Å². The molecule has 2 aromatic rings. The number of amides is 1. The third-order valence-corrected chi connectivity index (χ3v) is 9.88. The second kappa shape index (κ2) is 14.4. The van der Waals surface area contributed by atoms with Crippen LogP contribution >= 0.6 is 0 Å². The highest BCUT2D eigenvalue weighted by atomic mass is 32.3. The fourth-order valence-electron chi connectivity index (χ4n) is 4.42. The lowest BCUT2D eigenvalue weighted by Crippen LogP contribution is -2.38. The molecule has 1 saturated heterocycles. The van der Waals surface area contributed by atoms with Gasteiger partial charge in [0.1, 0.15) is 23.1 Å². The summed E-state index contributed by atoms with van der Waals surface area (Å²) in [4.78, 5) is 38.0. The summed E-state index contributed by atoms with van der Waals surface area (Å²) >= 11 is 0. The van der Waals surface area contributed by atoms with Gasteiger partial charge in [-0.05, 0) is 65.2 Å². The number of aromatic nitrogens is 2. The Morgan fingerprint density at radius 3 is 2.20 bits per heavy atom. The normalized spacial score (nSPS) is 14.5. The maximum atomic E-state index is 13.4. The molecule has 244 valence electrons. The predicted octanol–water partition coefficient (Wildman–Crippen LogP) is 3.03. The standard InChI is InChI=1S/C28H42N6O8S2/c1-7-33(8-2)26-29-18-23(32-44(39,40)19-43(6,37)38)24(31-26)30-22(25(35)42-28(3,4)5)17-20-11-13-21(14-12-20)41-27(36)34-15-9-10-16-34/h11-14,18,22,32H,7-10,15-17,19H2,1-6H3,(H,29,30,31)/t22-/m0/s1. The van der Waals surface area contributed by atoms with Gasteiger partial charge in [-0.2, -0.15) is 4.98 Å². The molecule has 0 aliphatic carbocycles. The SMILES string of the molecule is CCN(CC)c1ncc(NS(=O)(=O)CS(C)(=O)=O)c(N[C@@H](Cc2ccc(OC(=O)N3CCCC3)cc2)C(=O)OC(C)(C)C)n1. The molecule has 1 aliphatic rings. The van der Waals surface area contributed by atoms with Crippen LogP contribution in [0.4, 0.5) is 22.2 Å². The van der Waals surface area contributed by atoms with Crippen molar-refractivity contribution in [1.82, 2.24) is 14.9 Å². The van der Waals surface area contributed by atoms with Crippen LogP contribution in [-0.4, -0.2) is 92.9 Å². The Kier molecular flexibility index (Phi) is 11.4. The Morgan fingerprint density at radius 2 is 1.66 bits per heavy atom. The summed E-state index contributed by atoms with van der Waals surface area (Å²) in [5.74, 6) is -0.0358. The Bertz CT molecular complexity index is 1520. The number of ether oxygens (including phenoxy) is 2. The molecule has 2 heterocycles. The van der Waals surface area contributed by atoms with Crippen LogP contribution in [0.2, 0.25) is 0 Å². The van der Waals surface area contributed by atoms with Crippen molar-refractivity contribution >= 4 is 49.4 Å². The van der Waals surface area contributed by atoms with E-state index in [9.17, 15) is 26.4 Å². The second-order valence-corrected chi connectivity index (χ2v) is 15.7. The first kappa shape index (κ1) is 34.8. The van der Waals surface area contributed by atoms with E-state index < -0.39 is 48.7 Å². The maximum Gasteiger partial charge on any atom is 0.415 e. The molecule has 1 aromatic carbocycles. The molecule has 0 bridgehead atoms. The molecule has 14 nitrogen and oxygen atoms in total. The van der Waals surface area contributed by atoms with Crippen molar-refractivity contribution in [3.8, 4) is 5.75 Å². The molecular formula is C28H42N6O8S2. The van der Waals surface area contributed by atoms with Crippen LogP contribution in [0.25, 0.3) is 0 Å². The summed E-state index contributed by atoms with van der Waals surface area (Å²) in [5, 5.41) is 1.86. The van der Waals surface area contributed by atoms with Crippen molar-refractivity contribution in [2.45, 2.75) is 65.5 Å². The maximum absolute atomic E-state index is 13.4. The lowest BCUT2D eigenvalue weighted by Gasteiger charge is -2.26. The average Bonchev–Trinajstić information content (AvgIpc) is 3.44. The first-order valence-electron chi connectivity index (χ1n) is 14.3. The molecule has 0 radical (unpaired) electrons. The number of hydrogen-bond donors (Lipinski definition) is 2. The molecule has 1 amide bonds. The number of anilines is 3. The van der Waals surface area contributed by atoms with Crippen molar-refractivity contribution in [3.05, 3.63) is 36.0 Å². The zero-order valence-corrected chi connectivity index (χ0v) is 27.6. The number of carbonyl (C=O) groups is 2. The fraction of sp³-hybridized carbons (Fsp3) is 0.571. The van der Waals surface area contributed by atoms with E-state index in [-0.39, 0.29) is 23.9 Å². The van der Waals surface area contributed by atoms with Gasteiger partial charge in [0.25, 0.3) is 0 Å². The van der Waals surface area contributed by atoms with E-state index in [1.165, 1.54) is 6.20 Å². The van der Waals surface area contributed by atoms with E-state index in [1.807, 2.05) is 18.7 Å². The molecule has 0 unspecified atom stereocenters. The van der Waals surface area contributed by atoms with Gasteiger partial charge >= 0.3 is 12.1 Å². The number of nitrogens with one attached hydrogen (secondary N) is 2. The summed E-state index contributed by atoms with van der Waals surface area (Å²) in [6.45, 7) is 11.4. The van der Waals surface area contributed by atoms with E-state index in [0.29, 0.717) is 37.5 Å². The van der Waals surface area contributed by atoms with Gasteiger partial charge in [0.15, 0.2) is 20.7 Å². The van der Waals surface area contributed by atoms with Crippen molar-refractivity contribution in [2.75, 3.05) is 52.5 Å². The summed E-state index contributed by atoms with van der Waals surface area (Å²) in [6.07, 6.45) is 3.59. The fourth-order valence-corrected chi connectivity index (χ4v) is 7.40. The highest BCUT2D eigenvalue weighted by Gasteiger charge is 2.29. The quantitative estimate of drug-likeness (QED) is 0.302. The second-order valence-electron chi connectivity index (χ2n) is 11.5. The molecule has 0 spiro atoms. The Morgan fingerprint density at radius 1 is 1.05 bits per heavy atom. The molecule has 1 aromatic heterocycles. The molecule has 1 aliphatic heterocycles. The van der Waals surface area contributed by atoms with Gasteiger partial charge in [-0.15, -0.1) is 0 Å². The van der Waals surface area contributed by atoms with Crippen molar-refractivity contribution < 1.29 is 35.9 Å². The van der Waals surface area contributed by atoms with Crippen molar-refractivity contribution in [3.63, 3.8) is 0 Å². The number of sulfonamides is 1. The van der Waals surface area contributed by atoms with E-state index in [2.05, 4.69) is 20.0 Å². The van der Waals surface area contributed by atoms with Gasteiger partial charge in [0.05, 0.1) is 6.20 Å². The summed E-state index contributed by atoms with van der Waals surface area (Å²) in [5.41, 5.74) is -0.281. The number of nitrogens with zero attached hydrogens (tertiary/aromatic N) is 4. The van der Waals surface area contributed by atoms with E-state index in [1.54, 1.807) is 49.9 Å². The molecular weight excluding hydrogens is 612 g/mol. The van der Waals surface area contributed by atoms with Crippen LogP contribution in [0.3, 0.4) is 0 Å². The van der Waals surface area contributed by atoms with E-state index in [4.69, 9.17) is 9.47 Å². The zero-order chi connectivity index (χ0) is 32.7. The smallest absolute Gasteiger partial charge is 0.415 e. The van der Waals surface area contributed by atoms with Gasteiger partial charge in [0.2, 0.25) is 16.0 Å². The summed E-state index contributed by atoms with van der Waals surface area (Å²) in [7, 11) is -8.24. The molecule has 44 heavy (non-hydrogen) atoms.